The maximum Gasteiger partial charge on any atom is 0.173 e. The number of ether oxygens (including phenoxy) is 1. The third-order valence-corrected chi connectivity index (χ3v) is 2.69. The first kappa shape index (κ1) is 11.7. The molecule has 6 heteroatoms. The Bertz CT molecular complexity index is 400. The van der Waals surface area contributed by atoms with Crippen LogP contribution in [-0.4, -0.2) is 42.3 Å². The van der Waals surface area contributed by atoms with Gasteiger partial charge in [-0.25, -0.2) is 4.98 Å². The highest BCUT2D eigenvalue weighted by atomic mass is 16.5. The Morgan fingerprint density at radius 3 is 3.18 bits per heavy atom. The molecule has 1 aliphatic heterocycles. The molecule has 6 nitrogen and oxygen atoms in total. The third kappa shape index (κ3) is 2.65. The minimum absolute atomic E-state index is 0.0817. The van der Waals surface area contributed by atoms with Crippen molar-refractivity contribution in [2.45, 2.75) is 6.42 Å². The number of aromatic nitrogens is 1. The summed E-state index contributed by atoms with van der Waals surface area (Å²) < 4.78 is 5.39. The largest absolute Gasteiger partial charge is 0.409 e. The van der Waals surface area contributed by atoms with Gasteiger partial charge in [-0.15, -0.1) is 0 Å². The molecule has 0 aliphatic carbocycles. The number of nitrogens with zero attached hydrogens (tertiary/aromatic N) is 3. The monoisotopic (exact) mass is 236 g/mol. The second-order valence-electron chi connectivity index (χ2n) is 3.81. The highest BCUT2D eigenvalue weighted by molar-refractivity contribution is 6.01. The minimum atomic E-state index is 0.0817. The maximum atomic E-state index is 8.76. The van der Waals surface area contributed by atoms with Crippen LogP contribution >= 0.6 is 0 Å². The zero-order valence-corrected chi connectivity index (χ0v) is 9.54. The SMILES string of the molecule is NC(=NO)c1cccnc1N1CCCOCC1. The topological polar surface area (TPSA) is 84.0 Å². The Morgan fingerprint density at radius 2 is 2.35 bits per heavy atom. The second kappa shape index (κ2) is 5.49. The van der Waals surface area contributed by atoms with Gasteiger partial charge in [0, 0.05) is 25.9 Å². The molecule has 1 aliphatic rings. The maximum absolute atomic E-state index is 8.76. The molecule has 1 aromatic rings. The van der Waals surface area contributed by atoms with Crippen LogP contribution in [0.5, 0.6) is 0 Å². The molecule has 0 aromatic carbocycles. The van der Waals surface area contributed by atoms with Crippen LogP contribution in [-0.2, 0) is 4.74 Å². The predicted molar refractivity (Wildman–Crippen MR) is 64.4 cm³/mol. The molecule has 2 rings (SSSR count). The van der Waals surface area contributed by atoms with E-state index in [2.05, 4.69) is 15.0 Å². The number of hydrogen-bond donors (Lipinski definition) is 2. The lowest BCUT2D eigenvalue weighted by Crippen LogP contribution is -2.30. The lowest BCUT2D eigenvalue weighted by Gasteiger charge is -2.22. The van der Waals surface area contributed by atoms with E-state index in [9.17, 15) is 0 Å². The van der Waals surface area contributed by atoms with Crippen LogP contribution in [0.4, 0.5) is 5.82 Å². The van der Waals surface area contributed by atoms with E-state index in [1.807, 2.05) is 0 Å². The van der Waals surface area contributed by atoms with Crippen LogP contribution in [0.2, 0.25) is 0 Å². The van der Waals surface area contributed by atoms with Gasteiger partial charge in [-0.3, -0.25) is 0 Å². The average molecular weight is 236 g/mol. The molecule has 0 unspecified atom stereocenters. The van der Waals surface area contributed by atoms with Crippen LogP contribution < -0.4 is 10.6 Å². The normalized spacial score (nSPS) is 17.9. The minimum Gasteiger partial charge on any atom is -0.409 e. The second-order valence-corrected chi connectivity index (χ2v) is 3.81. The van der Waals surface area contributed by atoms with Crippen molar-refractivity contribution in [3.63, 3.8) is 0 Å². The predicted octanol–water partition coefficient (Wildman–Crippen LogP) is 0.403. The van der Waals surface area contributed by atoms with Gasteiger partial charge in [0.1, 0.15) is 5.82 Å². The molecule has 0 bridgehead atoms. The summed E-state index contributed by atoms with van der Waals surface area (Å²) in [6.07, 6.45) is 2.65. The van der Waals surface area contributed by atoms with Crippen molar-refractivity contribution in [1.82, 2.24) is 4.98 Å². The Kier molecular flexibility index (Phi) is 3.77. The summed E-state index contributed by atoms with van der Waals surface area (Å²) in [5.41, 5.74) is 6.29. The number of rotatable bonds is 2. The van der Waals surface area contributed by atoms with Gasteiger partial charge in [-0.05, 0) is 18.6 Å². The molecular formula is C11H16N4O2. The van der Waals surface area contributed by atoms with E-state index in [0.29, 0.717) is 12.2 Å². The number of anilines is 1. The highest BCUT2D eigenvalue weighted by Gasteiger charge is 2.16. The molecule has 1 saturated heterocycles. The van der Waals surface area contributed by atoms with E-state index in [1.165, 1.54) is 0 Å². The van der Waals surface area contributed by atoms with Crippen LogP contribution in [0.1, 0.15) is 12.0 Å². The van der Waals surface area contributed by atoms with Crippen LogP contribution in [0, 0.1) is 0 Å². The van der Waals surface area contributed by atoms with E-state index >= 15 is 0 Å². The quantitative estimate of drug-likeness (QED) is 0.336. The summed E-state index contributed by atoms with van der Waals surface area (Å²) in [5.74, 6) is 0.826. The molecule has 3 N–H and O–H groups in total. The molecule has 0 amide bonds. The van der Waals surface area contributed by atoms with Crippen molar-refractivity contribution in [2.75, 3.05) is 31.2 Å². The lowest BCUT2D eigenvalue weighted by molar-refractivity contribution is 0.152. The van der Waals surface area contributed by atoms with Crippen molar-refractivity contribution in [3.8, 4) is 0 Å². The Balaban J connectivity index is 2.30. The average Bonchev–Trinajstić information content (AvgIpc) is 2.66. The van der Waals surface area contributed by atoms with E-state index in [1.54, 1.807) is 18.3 Å². The lowest BCUT2D eigenvalue weighted by atomic mass is 10.2. The summed E-state index contributed by atoms with van der Waals surface area (Å²) >= 11 is 0. The van der Waals surface area contributed by atoms with Gasteiger partial charge >= 0.3 is 0 Å². The van der Waals surface area contributed by atoms with Crippen molar-refractivity contribution in [1.29, 1.82) is 0 Å². The van der Waals surface area contributed by atoms with Gasteiger partial charge < -0.3 is 20.6 Å². The summed E-state index contributed by atoms with van der Waals surface area (Å²) in [5, 5.41) is 11.8. The van der Waals surface area contributed by atoms with Gasteiger partial charge in [0.15, 0.2) is 5.84 Å². The molecule has 0 spiro atoms. The van der Waals surface area contributed by atoms with E-state index in [0.717, 1.165) is 31.9 Å². The fourth-order valence-corrected chi connectivity index (χ4v) is 1.86. The summed E-state index contributed by atoms with van der Waals surface area (Å²) in [6, 6.07) is 3.56. The number of pyridine rings is 1. The molecule has 92 valence electrons. The van der Waals surface area contributed by atoms with Gasteiger partial charge in [0.2, 0.25) is 0 Å². The first-order chi connectivity index (χ1) is 8.33. The van der Waals surface area contributed by atoms with Crippen LogP contribution in [0.15, 0.2) is 23.5 Å². The van der Waals surface area contributed by atoms with E-state index in [4.69, 9.17) is 15.7 Å². The molecule has 0 atom stereocenters. The molecule has 17 heavy (non-hydrogen) atoms. The van der Waals surface area contributed by atoms with E-state index < -0.39 is 0 Å². The molecule has 0 saturated carbocycles. The third-order valence-electron chi connectivity index (χ3n) is 2.69. The van der Waals surface area contributed by atoms with Gasteiger partial charge in [-0.1, -0.05) is 5.16 Å². The fourth-order valence-electron chi connectivity index (χ4n) is 1.86. The Hall–Kier alpha value is -1.82. The van der Waals surface area contributed by atoms with Gasteiger partial charge in [-0.2, -0.15) is 0 Å². The van der Waals surface area contributed by atoms with Crippen LogP contribution in [0.25, 0.3) is 0 Å². The molecular weight excluding hydrogens is 220 g/mol. The van der Waals surface area contributed by atoms with Gasteiger partial charge in [0.05, 0.1) is 12.2 Å². The molecule has 2 heterocycles. The van der Waals surface area contributed by atoms with Gasteiger partial charge in [0.25, 0.3) is 0 Å². The smallest absolute Gasteiger partial charge is 0.173 e. The molecule has 0 radical (unpaired) electrons. The van der Waals surface area contributed by atoms with Crippen LogP contribution in [0.3, 0.4) is 0 Å². The number of oxime groups is 1. The zero-order chi connectivity index (χ0) is 12.1. The van der Waals surface area contributed by atoms with E-state index in [-0.39, 0.29) is 5.84 Å². The number of hydrogen-bond acceptors (Lipinski definition) is 5. The summed E-state index contributed by atoms with van der Waals surface area (Å²) in [6.45, 7) is 3.07. The zero-order valence-electron chi connectivity index (χ0n) is 9.54. The summed E-state index contributed by atoms with van der Waals surface area (Å²) in [4.78, 5) is 6.41. The number of nitrogens with two attached hydrogens (primary N) is 1. The fraction of sp³-hybridized carbons (Fsp3) is 0.455. The van der Waals surface area contributed by atoms with Crippen molar-refractivity contribution < 1.29 is 9.94 Å². The first-order valence-corrected chi connectivity index (χ1v) is 5.58. The van der Waals surface area contributed by atoms with Crippen molar-refractivity contribution in [3.05, 3.63) is 23.9 Å². The highest BCUT2D eigenvalue weighted by Crippen LogP contribution is 2.18. The van der Waals surface area contributed by atoms with Crippen molar-refractivity contribution in [2.24, 2.45) is 10.9 Å². The standard InChI is InChI=1S/C11H16N4O2/c12-10(14-16)9-3-1-4-13-11(9)15-5-2-7-17-8-6-15/h1,3-4,16H,2,5-8H2,(H2,12,14). The first-order valence-electron chi connectivity index (χ1n) is 5.58. The van der Waals surface area contributed by atoms with Crippen molar-refractivity contribution >= 4 is 11.7 Å². The Labute approximate surface area is 99.7 Å². The Morgan fingerprint density at radius 1 is 1.47 bits per heavy atom. The summed E-state index contributed by atoms with van der Waals surface area (Å²) in [7, 11) is 0. The molecule has 1 fully saturated rings. The number of amidine groups is 1. The molecule has 1 aromatic heterocycles.